The van der Waals surface area contributed by atoms with Crippen molar-refractivity contribution in [3.05, 3.63) is 29.3 Å². The van der Waals surface area contributed by atoms with Crippen LogP contribution >= 0.6 is 0 Å². The number of hydrogen-bond acceptors (Lipinski definition) is 3. The third-order valence-electron chi connectivity index (χ3n) is 1.47. The highest BCUT2D eigenvalue weighted by Crippen LogP contribution is 2.09. The van der Waals surface area contributed by atoms with Gasteiger partial charge in [-0.25, -0.2) is 9.18 Å². The first kappa shape index (κ1) is 8.64. The van der Waals surface area contributed by atoms with E-state index in [9.17, 15) is 9.18 Å². The molecule has 0 fully saturated rings. The molecule has 1 aromatic rings. The first-order valence-corrected chi connectivity index (χ1v) is 3.36. The van der Waals surface area contributed by atoms with Gasteiger partial charge in [-0.05, 0) is 13.0 Å². The molecule has 0 amide bonds. The Labute approximate surface area is 69.2 Å². The summed E-state index contributed by atoms with van der Waals surface area (Å²) in [6, 6.07) is 1.29. The van der Waals surface area contributed by atoms with Gasteiger partial charge in [-0.1, -0.05) is 0 Å². The number of hydrogen-bond donors (Lipinski definition) is 0. The van der Waals surface area contributed by atoms with E-state index in [2.05, 4.69) is 9.72 Å². The zero-order valence-corrected chi connectivity index (χ0v) is 6.80. The number of esters is 1. The van der Waals surface area contributed by atoms with Gasteiger partial charge in [0.25, 0.3) is 0 Å². The van der Waals surface area contributed by atoms with Crippen molar-refractivity contribution in [2.45, 2.75) is 6.92 Å². The van der Waals surface area contributed by atoms with Crippen LogP contribution in [0.15, 0.2) is 12.3 Å². The highest BCUT2D eigenvalue weighted by Gasteiger charge is 2.13. The molecule has 64 valence electrons. The van der Waals surface area contributed by atoms with Crippen LogP contribution in [0.2, 0.25) is 0 Å². The summed E-state index contributed by atoms with van der Waals surface area (Å²) >= 11 is 0. The van der Waals surface area contributed by atoms with Crippen LogP contribution in [-0.2, 0) is 4.74 Å². The van der Waals surface area contributed by atoms with Crippen LogP contribution < -0.4 is 0 Å². The first-order chi connectivity index (χ1) is 5.66. The quantitative estimate of drug-likeness (QED) is 0.595. The number of aryl methyl sites for hydroxylation is 1. The highest BCUT2D eigenvalue weighted by atomic mass is 19.1. The molecule has 12 heavy (non-hydrogen) atoms. The van der Waals surface area contributed by atoms with Crippen molar-refractivity contribution in [2.24, 2.45) is 0 Å². The maximum absolute atomic E-state index is 13.1. The molecule has 0 aliphatic rings. The summed E-state index contributed by atoms with van der Waals surface area (Å²) in [5.41, 5.74) is 0.114. The molecule has 0 aliphatic heterocycles. The fraction of sp³-hybridized carbons (Fsp3) is 0.250. The van der Waals surface area contributed by atoms with Crippen molar-refractivity contribution in [2.75, 3.05) is 7.11 Å². The Balaban J connectivity index is 3.16. The molecule has 0 saturated carbocycles. The van der Waals surface area contributed by atoms with Gasteiger partial charge in [-0.3, -0.25) is 4.98 Å². The van der Waals surface area contributed by atoms with Gasteiger partial charge >= 0.3 is 5.97 Å². The lowest BCUT2D eigenvalue weighted by Gasteiger charge is -2.01. The fourth-order valence-corrected chi connectivity index (χ4v) is 0.816. The van der Waals surface area contributed by atoms with Crippen molar-refractivity contribution in [3.63, 3.8) is 0 Å². The molecule has 1 rings (SSSR count). The molecule has 4 heteroatoms. The predicted octanol–water partition coefficient (Wildman–Crippen LogP) is 1.32. The van der Waals surface area contributed by atoms with Gasteiger partial charge in [-0.15, -0.1) is 0 Å². The first-order valence-electron chi connectivity index (χ1n) is 3.36. The van der Waals surface area contributed by atoms with Crippen molar-refractivity contribution < 1.29 is 13.9 Å². The van der Waals surface area contributed by atoms with Gasteiger partial charge < -0.3 is 4.74 Å². The Bertz CT molecular complexity index is 312. The lowest BCUT2D eigenvalue weighted by atomic mass is 10.2. The number of carbonyl (C=O) groups excluding carboxylic acids is 1. The van der Waals surface area contributed by atoms with Crippen molar-refractivity contribution >= 4 is 5.97 Å². The number of pyridine rings is 1. The number of nitrogens with zero attached hydrogens (tertiary/aromatic N) is 1. The minimum absolute atomic E-state index is 0.0787. The Morgan fingerprint density at radius 3 is 2.92 bits per heavy atom. The Morgan fingerprint density at radius 1 is 1.67 bits per heavy atom. The van der Waals surface area contributed by atoms with Gasteiger partial charge in [0.05, 0.1) is 18.4 Å². The smallest absolute Gasteiger partial charge is 0.340 e. The monoisotopic (exact) mass is 169 g/mol. The molecule has 0 atom stereocenters. The summed E-state index contributed by atoms with van der Waals surface area (Å²) in [7, 11) is 1.21. The Hall–Kier alpha value is -1.45. The summed E-state index contributed by atoms with van der Waals surface area (Å²) in [5, 5.41) is 0. The van der Waals surface area contributed by atoms with Crippen molar-refractivity contribution in [1.82, 2.24) is 4.98 Å². The minimum Gasteiger partial charge on any atom is -0.465 e. The van der Waals surface area contributed by atoms with Crippen LogP contribution in [0.4, 0.5) is 4.39 Å². The maximum Gasteiger partial charge on any atom is 0.340 e. The second-order valence-electron chi connectivity index (χ2n) is 2.25. The normalized spacial score (nSPS) is 9.58. The van der Waals surface area contributed by atoms with E-state index < -0.39 is 11.8 Å². The molecule has 0 bridgehead atoms. The zero-order valence-electron chi connectivity index (χ0n) is 6.80. The summed E-state index contributed by atoms with van der Waals surface area (Å²) in [6.07, 6.45) is 1.37. The van der Waals surface area contributed by atoms with Gasteiger partial charge in [-0.2, -0.15) is 0 Å². The molecule has 0 aromatic carbocycles. The average molecular weight is 169 g/mol. The molecule has 0 radical (unpaired) electrons. The number of aromatic nitrogens is 1. The zero-order chi connectivity index (χ0) is 9.14. The number of rotatable bonds is 1. The van der Waals surface area contributed by atoms with E-state index in [1.807, 2.05) is 0 Å². The topological polar surface area (TPSA) is 39.2 Å². The molecule has 3 nitrogen and oxygen atoms in total. The molecular formula is C8H8FNO2. The third-order valence-corrected chi connectivity index (χ3v) is 1.47. The molecule has 1 aromatic heterocycles. The molecule has 0 saturated heterocycles. The molecule has 0 spiro atoms. The lowest BCUT2D eigenvalue weighted by Crippen LogP contribution is -2.06. The van der Waals surface area contributed by atoms with E-state index in [0.717, 1.165) is 0 Å². The van der Waals surface area contributed by atoms with E-state index in [-0.39, 0.29) is 11.3 Å². The molecule has 0 unspecified atom stereocenters. The van der Waals surface area contributed by atoms with Gasteiger partial charge in [0.2, 0.25) is 0 Å². The van der Waals surface area contributed by atoms with Crippen LogP contribution in [0.3, 0.4) is 0 Å². The van der Waals surface area contributed by atoms with E-state index in [1.54, 1.807) is 0 Å². The second-order valence-corrected chi connectivity index (χ2v) is 2.25. The molecular weight excluding hydrogens is 161 g/mol. The fourth-order valence-electron chi connectivity index (χ4n) is 0.816. The summed E-state index contributed by atoms with van der Waals surface area (Å²) in [4.78, 5) is 14.6. The summed E-state index contributed by atoms with van der Waals surface area (Å²) in [6.45, 7) is 1.49. The second kappa shape index (κ2) is 3.30. The van der Waals surface area contributed by atoms with Gasteiger partial charge in [0, 0.05) is 6.20 Å². The lowest BCUT2D eigenvalue weighted by molar-refractivity contribution is 0.0595. The molecule has 0 aliphatic carbocycles. The van der Waals surface area contributed by atoms with E-state index in [0.29, 0.717) is 0 Å². The van der Waals surface area contributed by atoms with E-state index in [4.69, 9.17) is 0 Å². The Kier molecular flexibility index (Phi) is 2.38. The number of ether oxygens (including phenoxy) is 1. The largest absolute Gasteiger partial charge is 0.465 e. The van der Waals surface area contributed by atoms with Crippen LogP contribution in [0.5, 0.6) is 0 Å². The van der Waals surface area contributed by atoms with E-state index >= 15 is 0 Å². The van der Waals surface area contributed by atoms with Gasteiger partial charge in [0.15, 0.2) is 5.82 Å². The van der Waals surface area contributed by atoms with Gasteiger partial charge in [0.1, 0.15) is 0 Å². The van der Waals surface area contributed by atoms with Crippen LogP contribution in [0, 0.1) is 12.7 Å². The van der Waals surface area contributed by atoms with E-state index in [1.165, 1.54) is 26.3 Å². The maximum atomic E-state index is 13.1. The summed E-state index contributed by atoms with van der Waals surface area (Å²) in [5.74, 6) is -1.30. The molecule has 0 N–H and O–H groups in total. The summed E-state index contributed by atoms with van der Waals surface area (Å²) < 4.78 is 17.4. The van der Waals surface area contributed by atoms with Crippen LogP contribution in [0.1, 0.15) is 16.1 Å². The van der Waals surface area contributed by atoms with Crippen LogP contribution in [-0.4, -0.2) is 18.1 Å². The third kappa shape index (κ3) is 1.42. The number of halogens is 1. The predicted molar refractivity (Wildman–Crippen MR) is 40.3 cm³/mol. The van der Waals surface area contributed by atoms with Crippen molar-refractivity contribution in [3.8, 4) is 0 Å². The Morgan fingerprint density at radius 2 is 2.33 bits per heavy atom. The SMILES string of the molecule is COC(=O)c1ccnc(C)c1F. The number of methoxy groups -OCH3 is 1. The molecule has 1 heterocycles. The standard InChI is InChI=1S/C8H8FNO2/c1-5-7(9)6(3-4-10-5)8(11)12-2/h3-4H,1-2H3. The average Bonchev–Trinajstić information content (AvgIpc) is 2.08. The minimum atomic E-state index is -0.682. The van der Waals surface area contributed by atoms with Crippen molar-refractivity contribution in [1.29, 1.82) is 0 Å². The highest BCUT2D eigenvalue weighted by molar-refractivity contribution is 5.89. The van der Waals surface area contributed by atoms with Crippen LogP contribution in [0.25, 0.3) is 0 Å². The number of carbonyl (C=O) groups is 1.